The number of carboxylic acids is 1. The number of thioether (sulfide) groups is 1. The minimum absolute atomic E-state index is 0.0626. The Bertz CT molecular complexity index is 1280. The fourth-order valence-corrected chi connectivity index (χ4v) is 6.35. The first-order valence-electron chi connectivity index (χ1n) is 10.4. The maximum atomic E-state index is 12.9. The Morgan fingerprint density at radius 3 is 2.91 bits per heavy atom. The number of nitrogens with one attached hydrogen (secondary N) is 1. The summed E-state index contributed by atoms with van der Waals surface area (Å²) in [4.78, 5) is 42.9. The minimum Gasteiger partial charge on any atom is -0.477 e. The van der Waals surface area contributed by atoms with Crippen molar-refractivity contribution in [3.05, 3.63) is 34.0 Å². The van der Waals surface area contributed by atoms with Crippen molar-refractivity contribution in [3.8, 4) is 0 Å². The number of amides is 2. The molecule has 2 atom stereocenters. The Kier molecular flexibility index (Phi) is 5.51. The van der Waals surface area contributed by atoms with Crippen molar-refractivity contribution in [1.29, 1.82) is 0 Å². The number of anilines is 1. The highest BCUT2D eigenvalue weighted by Crippen LogP contribution is 2.40. The third-order valence-electron chi connectivity index (χ3n) is 6.00. The van der Waals surface area contributed by atoms with Gasteiger partial charge in [-0.3, -0.25) is 14.5 Å². The second-order valence-electron chi connectivity index (χ2n) is 8.01. The highest BCUT2D eigenvalue weighted by atomic mass is 32.2. The van der Waals surface area contributed by atoms with Gasteiger partial charge in [-0.2, -0.15) is 0 Å². The third kappa shape index (κ3) is 3.51. The van der Waals surface area contributed by atoms with Gasteiger partial charge in [0.2, 0.25) is 5.82 Å². The Hall–Kier alpha value is -3.46. The van der Waals surface area contributed by atoms with Crippen LogP contribution in [0.15, 0.2) is 21.8 Å². The van der Waals surface area contributed by atoms with E-state index in [0.717, 1.165) is 42.4 Å². The van der Waals surface area contributed by atoms with Crippen molar-refractivity contribution in [3.63, 3.8) is 0 Å². The van der Waals surface area contributed by atoms with Crippen LogP contribution in [0.2, 0.25) is 0 Å². The molecule has 178 valence electrons. The highest BCUT2D eigenvalue weighted by Gasteiger charge is 2.54. The number of fused-ring (bicyclic) bond motifs is 2. The van der Waals surface area contributed by atoms with E-state index < -0.39 is 29.2 Å². The SMILES string of the molecule is Cc1nn2c([n+]1CC1=C(C(=O)O)N3C(=O)[C@@H](NC(=O)/C(=N\O)c4csc(N)n4)[C@H]3SC1)CCC2. The van der Waals surface area contributed by atoms with E-state index in [9.17, 15) is 24.7 Å². The summed E-state index contributed by atoms with van der Waals surface area (Å²) >= 11 is 2.44. The average Bonchev–Trinajstić information content (AvgIpc) is 3.50. The smallest absolute Gasteiger partial charge is 0.352 e. The molecule has 13 nitrogen and oxygen atoms in total. The zero-order chi connectivity index (χ0) is 24.1. The van der Waals surface area contributed by atoms with E-state index in [4.69, 9.17) is 5.73 Å². The fourth-order valence-electron chi connectivity index (χ4n) is 4.46. The lowest BCUT2D eigenvalue weighted by molar-refractivity contribution is -0.702. The molecule has 15 heteroatoms. The summed E-state index contributed by atoms with van der Waals surface area (Å²) in [6.45, 7) is 3.04. The Balaban J connectivity index is 1.36. The molecule has 34 heavy (non-hydrogen) atoms. The molecule has 0 bridgehead atoms. The zero-order valence-electron chi connectivity index (χ0n) is 18.0. The predicted molar refractivity (Wildman–Crippen MR) is 120 cm³/mol. The van der Waals surface area contributed by atoms with E-state index in [0.29, 0.717) is 17.9 Å². The molecular formula is C19H21N8O5S2+. The van der Waals surface area contributed by atoms with Crippen molar-refractivity contribution >= 4 is 51.7 Å². The second-order valence-corrected chi connectivity index (χ2v) is 10.0. The molecule has 0 radical (unpaired) electrons. The number of oxime groups is 1. The lowest BCUT2D eigenvalue weighted by Gasteiger charge is -2.49. The summed E-state index contributed by atoms with van der Waals surface area (Å²) in [5, 5.41) is 30.3. The van der Waals surface area contributed by atoms with E-state index in [1.54, 1.807) is 0 Å². The number of rotatable bonds is 6. The largest absolute Gasteiger partial charge is 0.477 e. The number of aromatic nitrogens is 4. The Labute approximate surface area is 200 Å². The van der Waals surface area contributed by atoms with Gasteiger partial charge in [-0.15, -0.1) is 27.8 Å². The third-order valence-corrected chi connectivity index (χ3v) is 8.01. The molecule has 1 saturated heterocycles. The molecule has 0 unspecified atom stereocenters. The van der Waals surface area contributed by atoms with Crippen LogP contribution in [0.25, 0.3) is 0 Å². The monoisotopic (exact) mass is 505 g/mol. The van der Waals surface area contributed by atoms with Gasteiger partial charge in [0.1, 0.15) is 29.4 Å². The normalized spacial score (nSPS) is 21.9. The van der Waals surface area contributed by atoms with Gasteiger partial charge in [0.05, 0.1) is 6.54 Å². The van der Waals surface area contributed by atoms with Crippen molar-refractivity contribution in [2.75, 3.05) is 11.5 Å². The predicted octanol–water partition coefficient (Wildman–Crippen LogP) is -0.919. The lowest BCUT2D eigenvalue weighted by atomic mass is 10.0. The summed E-state index contributed by atoms with van der Waals surface area (Å²) in [7, 11) is 0. The van der Waals surface area contributed by atoms with Crippen LogP contribution < -0.4 is 15.6 Å². The van der Waals surface area contributed by atoms with E-state index in [1.807, 2.05) is 16.2 Å². The van der Waals surface area contributed by atoms with Crippen LogP contribution in [0, 0.1) is 6.92 Å². The first-order chi connectivity index (χ1) is 16.3. The molecule has 2 aromatic rings. The summed E-state index contributed by atoms with van der Waals surface area (Å²) in [5.74, 6) is -0.338. The van der Waals surface area contributed by atoms with Crippen LogP contribution in [-0.2, 0) is 33.9 Å². The van der Waals surface area contributed by atoms with Crippen LogP contribution in [0.1, 0.15) is 23.8 Å². The van der Waals surface area contributed by atoms with Gasteiger partial charge in [0, 0.05) is 35.1 Å². The standard InChI is InChI=1S/C19H20N8O5S2/c1-8-23-26-4-2-3-11(26)25(8)5-9-6-33-17-13(16(29)27(17)14(9)18(30)31)22-15(28)12(24-32)10-7-34-19(20)21-10/h7,13,17H,2-6H2,1H3,(H4-,20,21,22,28,30,31,32)/p+1/t13-,17-/m1/s1. The number of carbonyl (C=O) groups is 3. The molecule has 2 amide bonds. The number of carbonyl (C=O) groups excluding carboxylic acids is 2. The van der Waals surface area contributed by atoms with Gasteiger partial charge in [0.15, 0.2) is 10.8 Å². The maximum Gasteiger partial charge on any atom is 0.352 e. The molecule has 0 aromatic carbocycles. The van der Waals surface area contributed by atoms with Crippen molar-refractivity contribution < 1.29 is 29.3 Å². The van der Waals surface area contributed by atoms with Gasteiger partial charge < -0.3 is 21.4 Å². The lowest BCUT2D eigenvalue weighted by Crippen LogP contribution is -2.71. The van der Waals surface area contributed by atoms with Gasteiger partial charge in [-0.05, 0) is 6.42 Å². The van der Waals surface area contributed by atoms with Crippen molar-refractivity contribution in [1.82, 2.24) is 25.0 Å². The number of hydrogen-bond donors (Lipinski definition) is 4. The fraction of sp³-hybridized carbons (Fsp3) is 0.421. The summed E-state index contributed by atoms with van der Waals surface area (Å²) < 4.78 is 3.94. The number of aliphatic carboxylic acids is 1. The zero-order valence-corrected chi connectivity index (χ0v) is 19.6. The van der Waals surface area contributed by atoms with Crippen molar-refractivity contribution in [2.24, 2.45) is 5.16 Å². The summed E-state index contributed by atoms with van der Waals surface area (Å²) in [6.07, 6.45) is 1.85. The van der Waals surface area contributed by atoms with Gasteiger partial charge in [-0.1, -0.05) is 5.16 Å². The number of carboxylic acid groups (broad SMARTS) is 1. The summed E-state index contributed by atoms with van der Waals surface area (Å²) in [5.41, 5.74) is 5.82. The molecule has 0 spiro atoms. The Morgan fingerprint density at radius 2 is 2.24 bits per heavy atom. The molecule has 1 fully saturated rings. The molecular weight excluding hydrogens is 484 g/mol. The van der Waals surface area contributed by atoms with Crippen LogP contribution in [0.5, 0.6) is 0 Å². The number of β-lactam (4-membered cyclic amide) rings is 1. The Morgan fingerprint density at radius 1 is 1.44 bits per heavy atom. The van der Waals surface area contributed by atoms with Crippen LogP contribution in [0.4, 0.5) is 5.13 Å². The molecule has 5 heterocycles. The molecule has 3 aliphatic heterocycles. The van der Waals surface area contributed by atoms with Crippen LogP contribution >= 0.6 is 23.1 Å². The van der Waals surface area contributed by atoms with E-state index in [-0.39, 0.29) is 22.2 Å². The second kappa shape index (κ2) is 8.39. The number of nitrogen functional groups attached to an aromatic ring is 1. The number of thiazole rings is 1. The van der Waals surface area contributed by atoms with E-state index in [2.05, 4.69) is 20.6 Å². The number of aryl methyl sites for hydroxylation is 2. The van der Waals surface area contributed by atoms with E-state index in [1.165, 1.54) is 22.0 Å². The van der Waals surface area contributed by atoms with Gasteiger partial charge in [-0.25, -0.2) is 14.3 Å². The van der Waals surface area contributed by atoms with Crippen molar-refractivity contribution in [2.45, 2.75) is 44.3 Å². The molecule has 3 aliphatic rings. The quantitative estimate of drug-likeness (QED) is 0.127. The highest BCUT2D eigenvalue weighted by molar-refractivity contribution is 8.00. The first kappa shape index (κ1) is 22.3. The molecule has 0 saturated carbocycles. The number of nitrogens with two attached hydrogens (primary N) is 1. The summed E-state index contributed by atoms with van der Waals surface area (Å²) in [6, 6.07) is -0.962. The minimum atomic E-state index is -1.20. The number of nitrogens with zero attached hydrogens (tertiary/aromatic N) is 6. The first-order valence-corrected chi connectivity index (χ1v) is 12.3. The van der Waals surface area contributed by atoms with E-state index >= 15 is 0 Å². The topological polar surface area (TPSA) is 180 Å². The van der Waals surface area contributed by atoms with Gasteiger partial charge in [0.25, 0.3) is 17.6 Å². The maximum absolute atomic E-state index is 12.9. The number of hydrogen-bond acceptors (Lipinski definition) is 10. The molecule has 2 aromatic heterocycles. The molecule has 0 aliphatic carbocycles. The molecule has 5 N–H and O–H groups in total. The van der Waals surface area contributed by atoms with Crippen LogP contribution in [0.3, 0.4) is 0 Å². The average molecular weight is 506 g/mol. The van der Waals surface area contributed by atoms with Gasteiger partial charge >= 0.3 is 5.97 Å². The van der Waals surface area contributed by atoms with Crippen LogP contribution in [-0.4, -0.2) is 70.6 Å². The molecule has 5 rings (SSSR count).